The maximum absolute atomic E-state index is 13.0. The number of carbonyl (C=O) groups is 1. The number of hydrogen-bond donors (Lipinski definition) is 1. The van der Waals surface area contributed by atoms with Gasteiger partial charge in [0.1, 0.15) is 0 Å². The summed E-state index contributed by atoms with van der Waals surface area (Å²) in [5, 5.41) is 3.11. The zero-order chi connectivity index (χ0) is 21.7. The van der Waals surface area contributed by atoms with Crippen LogP contribution in [0.4, 0.5) is 0 Å². The largest absolute Gasteiger partial charge is 0.356 e. The van der Waals surface area contributed by atoms with E-state index < -0.39 is 10.0 Å². The first-order valence-corrected chi connectivity index (χ1v) is 12.8. The van der Waals surface area contributed by atoms with Crippen LogP contribution in [0.3, 0.4) is 0 Å². The van der Waals surface area contributed by atoms with Gasteiger partial charge in [0, 0.05) is 32.1 Å². The molecule has 0 aromatic heterocycles. The number of aryl methyl sites for hydroxylation is 2. The second-order valence-corrected chi connectivity index (χ2v) is 11.1. The Bertz CT molecular complexity index is 826. The second-order valence-electron chi connectivity index (χ2n) is 9.16. The molecule has 30 heavy (non-hydrogen) atoms. The van der Waals surface area contributed by atoms with E-state index in [2.05, 4.69) is 17.1 Å². The number of sulfonamides is 1. The van der Waals surface area contributed by atoms with Crippen molar-refractivity contribution in [3.63, 3.8) is 0 Å². The van der Waals surface area contributed by atoms with Crippen LogP contribution >= 0.6 is 0 Å². The minimum absolute atomic E-state index is 0.0732. The van der Waals surface area contributed by atoms with Gasteiger partial charge in [-0.25, -0.2) is 8.42 Å². The predicted molar refractivity (Wildman–Crippen MR) is 120 cm³/mol. The van der Waals surface area contributed by atoms with Crippen LogP contribution in [0.2, 0.25) is 0 Å². The van der Waals surface area contributed by atoms with Gasteiger partial charge in [0.2, 0.25) is 15.9 Å². The van der Waals surface area contributed by atoms with Crippen molar-refractivity contribution in [1.82, 2.24) is 14.5 Å². The summed E-state index contributed by atoms with van der Waals surface area (Å²) in [5.41, 5.74) is 1.83. The minimum atomic E-state index is -3.50. The highest BCUT2D eigenvalue weighted by Crippen LogP contribution is 2.26. The summed E-state index contributed by atoms with van der Waals surface area (Å²) in [7, 11) is -3.50. The van der Waals surface area contributed by atoms with Gasteiger partial charge >= 0.3 is 0 Å². The first-order chi connectivity index (χ1) is 14.3. The molecule has 0 spiro atoms. The van der Waals surface area contributed by atoms with Gasteiger partial charge in [0.25, 0.3) is 0 Å². The highest BCUT2D eigenvalue weighted by atomic mass is 32.2. The molecule has 1 unspecified atom stereocenters. The third kappa shape index (κ3) is 5.83. The van der Waals surface area contributed by atoms with E-state index in [-0.39, 0.29) is 11.8 Å². The topological polar surface area (TPSA) is 69.7 Å². The van der Waals surface area contributed by atoms with Crippen LogP contribution in [0.25, 0.3) is 0 Å². The molecule has 2 aliphatic rings. The van der Waals surface area contributed by atoms with E-state index in [0.29, 0.717) is 43.3 Å². The van der Waals surface area contributed by atoms with Crippen LogP contribution in [0.15, 0.2) is 23.1 Å². The van der Waals surface area contributed by atoms with E-state index >= 15 is 0 Å². The van der Waals surface area contributed by atoms with Gasteiger partial charge < -0.3 is 10.2 Å². The number of piperidine rings is 2. The Morgan fingerprint density at radius 2 is 1.77 bits per heavy atom. The summed E-state index contributed by atoms with van der Waals surface area (Å²) in [6.45, 7) is 10.9. The fraction of sp³-hybridized carbons (Fsp3) is 0.696. The summed E-state index contributed by atoms with van der Waals surface area (Å²) in [4.78, 5) is 15.5. The number of nitrogens with one attached hydrogen (secondary N) is 1. The maximum atomic E-state index is 13.0. The van der Waals surface area contributed by atoms with Gasteiger partial charge in [0.15, 0.2) is 0 Å². The molecule has 0 saturated carbocycles. The van der Waals surface area contributed by atoms with E-state index in [9.17, 15) is 13.2 Å². The second kappa shape index (κ2) is 10.2. The molecule has 1 aromatic carbocycles. The molecule has 2 heterocycles. The normalized spacial score (nSPS) is 20.8. The third-order valence-corrected chi connectivity index (χ3v) is 8.48. The summed E-state index contributed by atoms with van der Waals surface area (Å²) in [6.07, 6.45) is 5.05. The highest BCUT2D eigenvalue weighted by molar-refractivity contribution is 7.89. The molecule has 1 aromatic rings. The molecule has 2 aliphatic heterocycles. The lowest BCUT2D eigenvalue weighted by molar-refractivity contribution is -0.126. The van der Waals surface area contributed by atoms with Gasteiger partial charge in [-0.15, -0.1) is 0 Å². The highest BCUT2D eigenvalue weighted by Gasteiger charge is 2.32. The fourth-order valence-corrected chi connectivity index (χ4v) is 6.33. The van der Waals surface area contributed by atoms with E-state index in [0.717, 1.165) is 17.7 Å². The van der Waals surface area contributed by atoms with Crippen molar-refractivity contribution in [3.05, 3.63) is 29.3 Å². The smallest absolute Gasteiger partial charge is 0.243 e. The number of rotatable bonds is 7. The molecular formula is C23H37N3O3S. The average molecular weight is 436 g/mol. The average Bonchev–Trinajstić information content (AvgIpc) is 2.72. The summed E-state index contributed by atoms with van der Waals surface area (Å²) in [6, 6.07) is 5.44. The quantitative estimate of drug-likeness (QED) is 0.715. The number of hydrogen-bond acceptors (Lipinski definition) is 4. The van der Waals surface area contributed by atoms with Crippen molar-refractivity contribution in [2.24, 2.45) is 11.8 Å². The lowest BCUT2D eigenvalue weighted by Gasteiger charge is -2.32. The van der Waals surface area contributed by atoms with Crippen molar-refractivity contribution in [2.45, 2.75) is 57.8 Å². The van der Waals surface area contributed by atoms with Gasteiger partial charge in [-0.1, -0.05) is 31.0 Å². The summed E-state index contributed by atoms with van der Waals surface area (Å²) in [5.74, 6) is 0.402. The summed E-state index contributed by atoms with van der Waals surface area (Å²) < 4.78 is 27.6. The molecule has 0 aliphatic carbocycles. The van der Waals surface area contributed by atoms with E-state index in [1.165, 1.54) is 36.7 Å². The lowest BCUT2D eigenvalue weighted by atomic mass is 9.97. The van der Waals surface area contributed by atoms with Crippen LogP contribution in [-0.2, 0) is 14.8 Å². The van der Waals surface area contributed by atoms with E-state index in [1.54, 1.807) is 6.07 Å². The van der Waals surface area contributed by atoms with Crippen molar-refractivity contribution >= 4 is 15.9 Å². The molecule has 1 N–H and O–H groups in total. The van der Waals surface area contributed by atoms with E-state index in [4.69, 9.17) is 0 Å². The van der Waals surface area contributed by atoms with Gasteiger partial charge in [-0.2, -0.15) is 4.31 Å². The van der Waals surface area contributed by atoms with Gasteiger partial charge in [0.05, 0.1) is 4.90 Å². The Morgan fingerprint density at radius 1 is 1.10 bits per heavy atom. The van der Waals surface area contributed by atoms with Crippen molar-refractivity contribution in [2.75, 3.05) is 39.3 Å². The maximum Gasteiger partial charge on any atom is 0.243 e. The number of likely N-dealkylation sites (tertiary alicyclic amines) is 1. The Kier molecular flexibility index (Phi) is 7.93. The Hall–Kier alpha value is -1.44. The SMILES string of the molecule is Cc1ccc(S(=O)(=O)N2CCC(C(=O)NCC(C)CN3CCCCC3)CC2)c(C)c1. The number of benzene rings is 1. The fourth-order valence-electron chi connectivity index (χ4n) is 4.65. The minimum Gasteiger partial charge on any atom is -0.356 e. The Morgan fingerprint density at radius 3 is 2.40 bits per heavy atom. The summed E-state index contributed by atoms with van der Waals surface area (Å²) >= 11 is 0. The molecule has 1 amide bonds. The number of nitrogens with zero attached hydrogens (tertiary/aromatic N) is 2. The molecule has 168 valence electrons. The molecule has 3 rings (SSSR count). The molecule has 0 radical (unpaired) electrons. The standard InChI is InChI=1S/C23H37N3O3S/c1-18-7-8-22(20(3)15-18)30(28,29)26-13-9-21(10-14-26)23(27)24-16-19(2)17-25-11-5-4-6-12-25/h7-8,15,19,21H,4-6,9-14,16-17H2,1-3H3,(H,24,27). The zero-order valence-electron chi connectivity index (χ0n) is 18.7. The molecule has 7 heteroatoms. The number of carbonyl (C=O) groups excluding carboxylic acids is 1. The Balaban J connectivity index is 1.46. The lowest BCUT2D eigenvalue weighted by Crippen LogP contribution is -2.44. The Labute approximate surface area is 182 Å². The molecule has 2 saturated heterocycles. The third-order valence-electron chi connectivity index (χ3n) is 6.42. The first kappa shape index (κ1) is 23.2. The van der Waals surface area contributed by atoms with E-state index in [1.807, 2.05) is 26.0 Å². The monoisotopic (exact) mass is 435 g/mol. The zero-order valence-corrected chi connectivity index (χ0v) is 19.5. The first-order valence-electron chi connectivity index (χ1n) is 11.3. The van der Waals surface area contributed by atoms with Crippen LogP contribution in [-0.4, -0.2) is 62.8 Å². The molecule has 2 fully saturated rings. The van der Waals surface area contributed by atoms with Gasteiger partial charge in [-0.05, 0) is 70.2 Å². The van der Waals surface area contributed by atoms with Crippen LogP contribution in [0, 0.1) is 25.7 Å². The molecular weight excluding hydrogens is 398 g/mol. The van der Waals surface area contributed by atoms with Crippen LogP contribution in [0.5, 0.6) is 0 Å². The van der Waals surface area contributed by atoms with Crippen molar-refractivity contribution < 1.29 is 13.2 Å². The van der Waals surface area contributed by atoms with Crippen molar-refractivity contribution in [3.8, 4) is 0 Å². The molecule has 6 nitrogen and oxygen atoms in total. The van der Waals surface area contributed by atoms with Crippen LogP contribution in [0.1, 0.15) is 50.2 Å². The molecule has 0 bridgehead atoms. The van der Waals surface area contributed by atoms with Crippen molar-refractivity contribution in [1.29, 1.82) is 0 Å². The van der Waals surface area contributed by atoms with Gasteiger partial charge in [-0.3, -0.25) is 4.79 Å². The van der Waals surface area contributed by atoms with Crippen LogP contribution < -0.4 is 5.32 Å². The predicted octanol–water partition coefficient (Wildman–Crippen LogP) is 2.94. The molecule has 1 atom stereocenters. The number of amides is 1.